The molecule has 3 aromatic rings. The van der Waals surface area contributed by atoms with Gasteiger partial charge in [-0.05, 0) is 19.1 Å². The second kappa shape index (κ2) is 6.87. The summed E-state index contributed by atoms with van der Waals surface area (Å²) in [6, 6.07) is 2.40. The van der Waals surface area contributed by atoms with E-state index in [1.165, 1.54) is 28.0 Å². The van der Waals surface area contributed by atoms with Crippen molar-refractivity contribution in [3.8, 4) is 0 Å². The van der Waals surface area contributed by atoms with Crippen LogP contribution in [0.2, 0.25) is 0 Å². The normalized spacial score (nSPS) is 12.9. The molecule has 1 N–H and O–H groups in total. The molecule has 10 heteroatoms. The lowest BCUT2D eigenvalue weighted by molar-refractivity contribution is -0.153. The van der Waals surface area contributed by atoms with Crippen molar-refractivity contribution >= 4 is 22.2 Å². The van der Waals surface area contributed by atoms with Crippen LogP contribution in [0.1, 0.15) is 21.7 Å². The fraction of sp³-hybridized carbons (Fsp3) is 0.250. The lowest BCUT2D eigenvalue weighted by Crippen LogP contribution is -2.48. The highest BCUT2D eigenvalue weighted by atomic mass is 32.1. The quantitative estimate of drug-likeness (QED) is 0.752. The molecule has 0 radical (unpaired) electrons. The Balaban J connectivity index is 1.90. The second-order valence-corrected chi connectivity index (χ2v) is 6.40. The molecule has 3 aromatic heterocycles. The van der Waals surface area contributed by atoms with Crippen LogP contribution in [0.4, 0.5) is 13.2 Å². The highest BCUT2D eigenvalue weighted by Crippen LogP contribution is 2.23. The van der Waals surface area contributed by atoms with E-state index in [1.807, 2.05) is 5.32 Å². The molecule has 0 aliphatic carbocycles. The largest absolute Gasteiger partial charge is 0.409 e. The van der Waals surface area contributed by atoms with Crippen LogP contribution >= 0.6 is 11.3 Å². The molecule has 0 saturated heterocycles. The minimum absolute atomic E-state index is 0.175. The van der Waals surface area contributed by atoms with E-state index < -0.39 is 35.7 Å². The SMILES string of the molecule is Cc1csc2ncc(C(=O)NC(Cc3ccccn3)C(F)(F)F)c(=O)n12. The maximum Gasteiger partial charge on any atom is 0.409 e. The van der Waals surface area contributed by atoms with Crippen LogP contribution in [0, 0.1) is 6.92 Å². The first kappa shape index (κ1) is 18.1. The maximum atomic E-state index is 13.3. The number of aromatic nitrogens is 3. The van der Waals surface area contributed by atoms with E-state index >= 15 is 0 Å². The van der Waals surface area contributed by atoms with Crippen LogP contribution < -0.4 is 10.9 Å². The number of hydrogen-bond acceptors (Lipinski definition) is 5. The number of rotatable bonds is 4. The van der Waals surface area contributed by atoms with Crippen molar-refractivity contribution in [2.24, 2.45) is 0 Å². The van der Waals surface area contributed by atoms with Gasteiger partial charge in [-0.3, -0.25) is 19.0 Å². The summed E-state index contributed by atoms with van der Waals surface area (Å²) in [6.45, 7) is 1.65. The van der Waals surface area contributed by atoms with Crippen molar-refractivity contribution < 1.29 is 18.0 Å². The van der Waals surface area contributed by atoms with Gasteiger partial charge in [-0.1, -0.05) is 6.07 Å². The van der Waals surface area contributed by atoms with Gasteiger partial charge in [-0.15, -0.1) is 11.3 Å². The van der Waals surface area contributed by atoms with Crippen LogP contribution in [0.25, 0.3) is 4.96 Å². The van der Waals surface area contributed by atoms with Crippen molar-refractivity contribution in [2.75, 3.05) is 0 Å². The van der Waals surface area contributed by atoms with Crippen molar-refractivity contribution in [1.82, 2.24) is 19.7 Å². The average Bonchev–Trinajstić information content (AvgIpc) is 2.96. The monoisotopic (exact) mass is 382 g/mol. The van der Waals surface area contributed by atoms with Gasteiger partial charge in [0, 0.05) is 35.6 Å². The van der Waals surface area contributed by atoms with Crippen LogP contribution in [-0.2, 0) is 6.42 Å². The molecule has 3 heterocycles. The van der Waals surface area contributed by atoms with E-state index in [4.69, 9.17) is 0 Å². The van der Waals surface area contributed by atoms with Crippen molar-refractivity contribution in [3.05, 3.63) is 63.3 Å². The first-order valence-corrected chi connectivity index (χ1v) is 8.38. The molecule has 6 nitrogen and oxygen atoms in total. The number of thiazole rings is 1. The number of alkyl halides is 3. The maximum absolute atomic E-state index is 13.3. The van der Waals surface area contributed by atoms with E-state index in [0.717, 1.165) is 6.20 Å². The van der Waals surface area contributed by atoms with Gasteiger partial charge in [0.2, 0.25) is 0 Å². The van der Waals surface area contributed by atoms with E-state index in [0.29, 0.717) is 10.7 Å². The smallest absolute Gasteiger partial charge is 0.340 e. The van der Waals surface area contributed by atoms with Crippen molar-refractivity contribution in [1.29, 1.82) is 0 Å². The molecule has 1 atom stereocenters. The molecule has 0 aliphatic heterocycles. The van der Waals surface area contributed by atoms with Gasteiger partial charge in [0.25, 0.3) is 11.5 Å². The summed E-state index contributed by atoms with van der Waals surface area (Å²) in [7, 11) is 0. The molecule has 0 aliphatic rings. The third-order valence-electron chi connectivity index (χ3n) is 3.70. The molecule has 1 unspecified atom stereocenters. The van der Waals surface area contributed by atoms with Crippen LogP contribution in [0.15, 0.2) is 40.8 Å². The number of carbonyl (C=O) groups excluding carboxylic acids is 1. The molecule has 0 aromatic carbocycles. The van der Waals surface area contributed by atoms with E-state index in [2.05, 4.69) is 9.97 Å². The number of fused-ring (bicyclic) bond motifs is 1. The zero-order chi connectivity index (χ0) is 18.9. The summed E-state index contributed by atoms with van der Waals surface area (Å²) < 4.78 is 41.1. The third-order valence-corrected chi connectivity index (χ3v) is 4.66. The molecule has 1 amide bonds. The van der Waals surface area contributed by atoms with E-state index in [-0.39, 0.29) is 5.69 Å². The molecule has 3 rings (SSSR count). The lowest BCUT2D eigenvalue weighted by atomic mass is 10.1. The van der Waals surface area contributed by atoms with Gasteiger partial charge in [0.05, 0.1) is 0 Å². The Morgan fingerprint density at radius 1 is 1.35 bits per heavy atom. The molecule has 0 spiro atoms. The second-order valence-electron chi connectivity index (χ2n) is 5.56. The average molecular weight is 382 g/mol. The number of amides is 1. The summed E-state index contributed by atoms with van der Waals surface area (Å²) in [6.07, 6.45) is -2.87. The Bertz CT molecular complexity index is 998. The molecule has 0 fully saturated rings. The number of nitrogens with zero attached hydrogens (tertiary/aromatic N) is 3. The van der Waals surface area contributed by atoms with Gasteiger partial charge >= 0.3 is 6.18 Å². The fourth-order valence-electron chi connectivity index (χ4n) is 2.39. The highest BCUT2D eigenvalue weighted by molar-refractivity contribution is 7.15. The summed E-state index contributed by atoms with van der Waals surface area (Å²) in [4.78, 5) is 32.9. The molecule has 0 saturated carbocycles. The topological polar surface area (TPSA) is 76.4 Å². The first-order valence-electron chi connectivity index (χ1n) is 7.50. The van der Waals surface area contributed by atoms with Crippen molar-refractivity contribution in [3.63, 3.8) is 0 Å². The Labute approximate surface area is 149 Å². The van der Waals surface area contributed by atoms with Gasteiger partial charge in [0.15, 0.2) is 4.96 Å². The molecular weight excluding hydrogens is 369 g/mol. The summed E-state index contributed by atoms with van der Waals surface area (Å²) in [5.41, 5.74) is -0.420. The zero-order valence-electron chi connectivity index (χ0n) is 13.4. The first-order chi connectivity index (χ1) is 12.3. The molecule has 26 heavy (non-hydrogen) atoms. The Hall–Kier alpha value is -2.75. The Morgan fingerprint density at radius 2 is 2.12 bits per heavy atom. The summed E-state index contributed by atoms with van der Waals surface area (Å²) in [5, 5.41) is 3.56. The number of halogens is 3. The number of hydrogen-bond donors (Lipinski definition) is 1. The van der Waals surface area contributed by atoms with Crippen LogP contribution in [0.5, 0.6) is 0 Å². The number of aryl methyl sites for hydroxylation is 1. The minimum Gasteiger partial charge on any atom is -0.340 e. The Morgan fingerprint density at radius 3 is 2.77 bits per heavy atom. The van der Waals surface area contributed by atoms with E-state index in [9.17, 15) is 22.8 Å². The highest BCUT2D eigenvalue weighted by Gasteiger charge is 2.41. The molecule has 0 bridgehead atoms. The lowest BCUT2D eigenvalue weighted by Gasteiger charge is -2.21. The number of pyridine rings is 1. The standard InChI is InChI=1S/C16H13F3N4O2S/c1-9-8-26-15-21-7-11(14(25)23(9)15)13(24)22-12(16(17,18)19)6-10-4-2-3-5-20-10/h2-5,7-8,12H,6H2,1H3,(H,22,24). The third kappa shape index (κ3) is 3.59. The summed E-state index contributed by atoms with van der Waals surface area (Å²) >= 11 is 1.20. The molecule has 136 valence electrons. The summed E-state index contributed by atoms with van der Waals surface area (Å²) in [5.74, 6) is -1.12. The predicted octanol–water partition coefficient (Wildman–Crippen LogP) is 2.36. The van der Waals surface area contributed by atoms with Gasteiger partial charge in [-0.2, -0.15) is 13.2 Å². The van der Waals surface area contributed by atoms with Crippen molar-refractivity contribution in [2.45, 2.75) is 25.6 Å². The number of carbonyl (C=O) groups is 1. The predicted molar refractivity (Wildman–Crippen MR) is 89.3 cm³/mol. The van der Waals surface area contributed by atoms with Gasteiger partial charge in [-0.25, -0.2) is 4.98 Å². The number of nitrogens with one attached hydrogen (secondary N) is 1. The minimum atomic E-state index is -4.70. The van der Waals surface area contributed by atoms with Gasteiger partial charge < -0.3 is 5.32 Å². The fourth-order valence-corrected chi connectivity index (χ4v) is 3.22. The van der Waals surface area contributed by atoms with Gasteiger partial charge in [0.1, 0.15) is 11.6 Å². The van der Waals surface area contributed by atoms with E-state index in [1.54, 1.807) is 24.4 Å². The zero-order valence-corrected chi connectivity index (χ0v) is 14.3. The molecular formula is C16H13F3N4O2S. The van der Waals surface area contributed by atoms with Crippen LogP contribution in [0.3, 0.4) is 0 Å². The Kier molecular flexibility index (Phi) is 4.77. The van der Waals surface area contributed by atoms with Crippen LogP contribution in [-0.4, -0.2) is 32.5 Å².